The number of rotatable bonds is 6. The smallest absolute Gasteiger partial charge is 0.222 e. The molecule has 3 N–H and O–H groups in total. The zero-order chi connectivity index (χ0) is 22.9. The van der Waals surface area contributed by atoms with Crippen molar-refractivity contribution in [3.63, 3.8) is 0 Å². The van der Waals surface area contributed by atoms with Gasteiger partial charge in [0.15, 0.2) is 0 Å². The van der Waals surface area contributed by atoms with Gasteiger partial charge in [0.1, 0.15) is 11.6 Å². The van der Waals surface area contributed by atoms with Crippen LogP contribution in [0.5, 0.6) is 5.75 Å². The number of benzene rings is 2. The first kappa shape index (κ1) is 23.8. The molecule has 1 aliphatic rings. The summed E-state index contributed by atoms with van der Waals surface area (Å²) >= 11 is 0. The van der Waals surface area contributed by atoms with Crippen molar-refractivity contribution < 1.29 is 7.59 Å². The predicted molar refractivity (Wildman–Crippen MR) is 138 cm³/mol. The number of para-hydroxylation sites is 1. The van der Waals surface area contributed by atoms with Crippen LogP contribution in [0.2, 0.25) is 0 Å². The third-order valence-corrected chi connectivity index (χ3v) is 5.52. The standard InChI is InChI=1S/C16H25NO.C10H12N4.2H2/c1-13(2)18-16-10-8-14(9-11-16)12-17-15-6-4-3-5-7-15;1-14(2)9-7-5-3-4-6-8(7)12-10(11)13-9;;/h8-11,13,15,17H,3-7,12H2,1-2H3;3-6H,1-2H3,(H2,11,12,13);2*1H. The molecule has 0 atom stereocenters. The quantitative estimate of drug-likeness (QED) is 0.516. The van der Waals surface area contributed by atoms with E-state index in [0.717, 1.165) is 35.1 Å². The number of nitrogens with zero attached hydrogens (tertiary/aromatic N) is 3. The molecule has 1 saturated carbocycles. The molecule has 0 aliphatic heterocycles. The fourth-order valence-corrected chi connectivity index (χ4v) is 3.95. The second-order valence-corrected chi connectivity index (χ2v) is 8.84. The van der Waals surface area contributed by atoms with Crippen molar-refractivity contribution in [3.05, 3.63) is 54.1 Å². The summed E-state index contributed by atoms with van der Waals surface area (Å²) in [5.74, 6) is 2.13. The van der Waals surface area contributed by atoms with Gasteiger partial charge in [-0.1, -0.05) is 43.5 Å². The van der Waals surface area contributed by atoms with Gasteiger partial charge >= 0.3 is 0 Å². The van der Waals surface area contributed by atoms with Gasteiger partial charge in [0.2, 0.25) is 5.95 Å². The van der Waals surface area contributed by atoms with Crippen molar-refractivity contribution in [3.8, 4) is 5.75 Å². The second kappa shape index (κ2) is 11.7. The molecule has 0 unspecified atom stereocenters. The Bertz CT molecular complexity index is 977. The molecule has 1 aliphatic carbocycles. The lowest BCUT2D eigenvalue weighted by Crippen LogP contribution is -2.30. The molecule has 6 nitrogen and oxygen atoms in total. The van der Waals surface area contributed by atoms with Crippen LogP contribution < -0.4 is 20.7 Å². The summed E-state index contributed by atoms with van der Waals surface area (Å²) < 4.78 is 5.64. The van der Waals surface area contributed by atoms with Gasteiger partial charge < -0.3 is 20.7 Å². The first-order chi connectivity index (χ1) is 15.4. The Morgan fingerprint density at radius 2 is 1.72 bits per heavy atom. The number of hydrogen-bond acceptors (Lipinski definition) is 6. The van der Waals surface area contributed by atoms with Crippen LogP contribution in [-0.2, 0) is 6.54 Å². The Labute approximate surface area is 195 Å². The molecular formula is C26H41N5O. The maximum Gasteiger partial charge on any atom is 0.222 e. The number of nitrogens with one attached hydrogen (secondary N) is 1. The largest absolute Gasteiger partial charge is 0.491 e. The highest BCUT2D eigenvalue weighted by Gasteiger charge is 2.12. The summed E-state index contributed by atoms with van der Waals surface area (Å²) in [4.78, 5) is 10.3. The number of fused-ring (bicyclic) bond motifs is 1. The lowest BCUT2D eigenvalue weighted by molar-refractivity contribution is 0.242. The number of anilines is 2. The summed E-state index contributed by atoms with van der Waals surface area (Å²) in [7, 11) is 3.88. The lowest BCUT2D eigenvalue weighted by atomic mass is 9.95. The van der Waals surface area contributed by atoms with Gasteiger partial charge in [0.05, 0.1) is 11.6 Å². The minimum Gasteiger partial charge on any atom is -0.491 e. The number of nitrogen functional groups attached to an aromatic ring is 1. The van der Waals surface area contributed by atoms with Crippen LogP contribution in [0.4, 0.5) is 11.8 Å². The molecule has 1 aromatic heterocycles. The monoisotopic (exact) mass is 439 g/mol. The van der Waals surface area contributed by atoms with Gasteiger partial charge in [0, 0.05) is 34.9 Å². The number of ether oxygens (including phenoxy) is 1. The molecule has 6 heteroatoms. The van der Waals surface area contributed by atoms with E-state index in [9.17, 15) is 0 Å². The van der Waals surface area contributed by atoms with Crippen molar-refractivity contribution in [2.75, 3.05) is 24.7 Å². The van der Waals surface area contributed by atoms with E-state index in [1.807, 2.05) is 43.3 Å². The minimum atomic E-state index is 0. The Morgan fingerprint density at radius 1 is 1.03 bits per heavy atom. The molecule has 1 fully saturated rings. The highest BCUT2D eigenvalue weighted by atomic mass is 16.5. The van der Waals surface area contributed by atoms with Crippen LogP contribution in [0.1, 0.15) is 54.4 Å². The summed E-state index contributed by atoms with van der Waals surface area (Å²) in [6.45, 7) is 5.09. The fourth-order valence-electron chi connectivity index (χ4n) is 3.95. The summed E-state index contributed by atoms with van der Waals surface area (Å²) in [5.41, 5.74) is 7.84. The van der Waals surface area contributed by atoms with E-state index in [1.165, 1.54) is 37.7 Å². The average Bonchev–Trinajstić information content (AvgIpc) is 2.79. The topological polar surface area (TPSA) is 76.3 Å². The highest BCUT2D eigenvalue weighted by Crippen LogP contribution is 2.22. The first-order valence-corrected chi connectivity index (χ1v) is 11.6. The maximum atomic E-state index is 5.64. The highest BCUT2D eigenvalue weighted by molar-refractivity contribution is 5.90. The van der Waals surface area contributed by atoms with E-state index in [0.29, 0.717) is 5.95 Å². The molecule has 3 aromatic rings. The average molecular weight is 440 g/mol. The van der Waals surface area contributed by atoms with E-state index in [1.54, 1.807) is 0 Å². The lowest BCUT2D eigenvalue weighted by Gasteiger charge is -2.22. The van der Waals surface area contributed by atoms with E-state index < -0.39 is 0 Å². The molecular weight excluding hydrogens is 398 g/mol. The van der Waals surface area contributed by atoms with E-state index >= 15 is 0 Å². The van der Waals surface area contributed by atoms with E-state index in [4.69, 9.17) is 10.5 Å². The SMILES string of the molecule is CC(C)Oc1ccc(CNC2CCCCC2)cc1.CN(C)c1nc(N)nc2ccccc12.[HH].[HH]. The Hall–Kier alpha value is -2.86. The molecule has 176 valence electrons. The van der Waals surface area contributed by atoms with Gasteiger partial charge in [-0.15, -0.1) is 0 Å². The Kier molecular flexibility index (Phi) is 8.68. The van der Waals surface area contributed by atoms with Gasteiger partial charge in [-0.2, -0.15) is 4.98 Å². The normalized spacial score (nSPS) is 14.2. The van der Waals surface area contributed by atoms with Crippen molar-refractivity contribution in [2.45, 2.75) is 64.6 Å². The van der Waals surface area contributed by atoms with Crippen molar-refractivity contribution in [1.29, 1.82) is 0 Å². The molecule has 0 radical (unpaired) electrons. The first-order valence-electron chi connectivity index (χ1n) is 11.6. The fraction of sp³-hybridized carbons (Fsp3) is 0.462. The summed E-state index contributed by atoms with van der Waals surface area (Å²) in [6.07, 6.45) is 7.12. The van der Waals surface area contributed by atoms with E-state index in [2.05, 4.69) is 53.4 Å². The van der Waals surface area contributed by atoms with Crippen LogP contribution in [0.3, 0.4) is 0 Å². The predicted octanol–water partition coefficient (Wildman–Crippen LogP) is 5.67. The van der Waals surface area contributed by atoms with Gasteiger partial charge in [0.25, 0.3) is 0 Å². The second-order valence-electron chi connectivity index (χ2n) is 8.84. The summed E-state index contributed by atoms with van der Waals surface area (Å²) in [6, 6.07) is 17.0. The molecule has 1 heterocycles. The minimum absolute atomic E-state index is 0. The Morgan fingerprint density at radius 3 is 2.38 bits per heavy atom. The van der Waals surface area contributed by atoms with Crippen LogP contribution in [0, 0.1) is 0 Å². The molecule has 4 rings (SSSR count). The molecule has 0 spiro atoms. The van der Waals surface area contributed by atoms with Crippen LogP contribution in [0.25, 0.3) is 10.9 Å². The van der Waals surface area contributed by atoms with Crippen molar-refractivity contribution in [1.82, 2.24) is 15.3 Å². The molecule has 2 aromatic carbocycles. The number of aromatic nitrogens is 2. The third-order valence-electron chi connectivity index (χ3n) is 5.52. The van der Waals surface area contributed by atoms with Crippen molar-refractivity contribution in [2.24, 2.45) is 0 Å². The molecule has 0 amide bonds. The summed E-state index contributed by atoms with van der Waals surface area (Å²) in [5, 5.41) is 4.68. The van der Waals surface area contributed by atoms with Gasteiger partial charge in [-0.05, 0) is 56.5 Å². The molecule has 0 bridgehead atoms. The Balaban J connectivity index is 0.000000329. The maximum absolute atomic E-state index is 5.64. The van der Waals surface area contributed by atoms with Gasteiger partial charge in [-0.25, -0.2) is 4.98 Å². The van der Waals surface area contributed by atoms with Gasteiger partial charge in [-0.3, -0.25) is 0 Å². The van der Waals surface area contributed by atoms with Crippen LogP contribution >= 0.6 is 0 Å². The zero-order valence-corrected chi connectivity index (χ0v) is 19.8. The number of hydrogen-bond donors (Lipinski definition) is 2. The zero-order valence-electron chi connectivity index (χ0n) is 19.8. The number of nitrogens with two attached hydrogens (primary N) is 1. The van der Waals surface area contributed by atoms with E-state index in [-0.39, 0.29) is 8.96 Å². The molecule has 32 heavy (non-hydrogen) atoms. The van der Waals surface area contributed by atoms with Crippen molar-refractivity contribution >= 4 is 22.7 Å². The third kappa shape index (κ3) is 7.09. The van der Waals surface area contributed by atoms with Crippen LogP contribution in [0.15, 0.2) is 48.5 Å². The molecule has 0 saturated heterocycles. The van der Waals surface area contributed by atoms with Crippen LogP contribution in [-0.4, -0.2) is 36.2 Å².